The average Bonchev–Trinajstić information content (AvgIpc) is 3.14. The third kappa shape index (κ3) is 4.11. The van der Waals surface area contributed by atoms with Gasteiger partial charge in [0.1, 0.15) is 15.8 Å². The number of nitrogens with one attached hydrogen (secondary N) is 1. The Bertz CT molecular complexity index is 885. The molecule has 26 heavy (non-hydrogen) atoms. The lowest BCUT2D eigenvalue weighted by Gasteiger charge is -2.34. The summed E-state index contributed by atoms with van der Waals surface area (Å²) in [5.74, 6) is -1.96. The number of thiophene rings is 1. The molecular weight excluding hydrogens is 382 g/mol. The molecular formula is C17H18F2N2O3S2. The van der Waals surface area contributed by atoms with Gasteiger partial charge in [-0.3, -0.25) is 4.79 Å². The number of amides is 1. The van der Waals surface area contributed by atoms with Crippen LogP contribution in [0.25, 0.3) is 0 Å². The number of anilines is 1. The third-order valence-corrected chi connectivity index (χ3v) is 7.58. The maximum Gasteiger partial charge on any atom is 0.252 e. The highest BCUT2D eigenvalue weighted by atomic mass is 32.2. The highest BCUT2D eigenvalue weighted by Gasteiger charge is 2.35. The minimum Gasteiger partial charge on any atom is -0.323 e. The van der Waals surface area contributed by atoms with Crippen LogP contribution in [0.2, 0.25) is 0 Å². The van der Waals surface area contributed by atoms with E-state index in [-0.39, 0.29) is 16.3 Å². The Balaban J connectivity index is 1.74. The van der Waals surface area contributed by atoms with E-state index in [0.717, 1.165) is 42.4 Å². The smallest absolute Gasteiger partial charge is 0.252 e. The summed E-state index contributed by atoms with van der Waals surface area (Å²) < 4.78 is 54.1. The second-order valence-electron chi connectivity index (χ2n) is 6.07. The Labute approximate surface area is 154 Å². The molecule has 9 heteroatoms. The number of sulfonamides is 1. The predicted octanol–water partition coefficient (Wildman–Crippen LogP) is 3.60. The first-order chi connectivity index (χ1) is 12.4. The van der Waals surface area contributed by atoms with Crippen molar-refractivity contribution in [2.45, 2.75) is 35.9 Å². The van der Waals surface area contributed by atoms with Crippen LogP contribution in [0.15, 0.2) is 39.9 Å². The Hall–Kier alpha value is -1.84. The molecule has 1 amide bonds. The number of carbonyl (C=O) groups is 1. The minimum absolute atomic E-state index is 0.111. The quantitative estimate of drug-likeness (QED) is 0.834. The number of piperidine rings is 1. The summed E-state index contributed by atoms with van der Waals surface area (Å²) >= 11 is 1.13. The van der Waals surface area contributed by atoms with Gasteiger partial charge in [0.2, 0.25) is 5.91 Å². The van der Waals surface area contributed by atoms with E-state index in [1.807, 2.05) is 0 Å². The van der Waals surface area contributed by atoms with Crippen molar-refractivity contribution in [2.75, 3.05) is 11.9 Å². The molecule has 1 aliphatic rings. The molecule has 0 bridgehead atoms. The van der Waals surface area contributed by atoms with Crippen molar-refractivity contribution in [3.05, 3.63) is 47.3 Å². The highest BCUT2D eigenvalue weighted by Crippen LogP contribution is 2.29. The SMILES string of the molecule is O=C(C[C@@H]1CCCCN1S(=O)(=O)c1cccs1)Nc1cc(F)ccc1F. The number of benzene rings is 1. The third-order valence-electron chi connectivity index (χ3n) is 4.25. The summed E-state index contributed by atoms with van der Waals surface area (Å²) in [5.41, 5.74) is -0.251. The number of hydrogen-bond acceptors (Lipinski definition) is 4. The lowest BCUT2D eigenvalue weighted by molar-refractivity contribution is -0.117. The molecule has 1 N–H and O–H groups in total. The van der Waals surface area contributed by atoms with Crippen molar-refractivity contribution < 1.29 is 22.0 Å². The van der Waals surface area contributed by atoms with Crippen LogP contribution in [0.3, 0.4) is 0 Å². The number of nitrogens with zero attached hydrogens (tertiary/aromatic N) is 1. The zero-order chi connectivity index (χ0) is 18.7. The molecule has 0 unspecified atom stereocenters. The van der Waals surface area contributed by atoms with Gasteiger partial charge in [0.25, 0.3) is 10.0 Å². The molecule has 140 valence electrons. The largest absolute Gasteiger partial charge is 0.323 e. The molecule has 1 aromatic heterocycles. The second-order valence-corrected chi connectivity index (χ2v) is 9.14. The maximum atomic E-state index is 13.7. The zero-order valence-electron chi connectivity index (χ0n) is 13.8. The molecule has 0 aliphatic carbocycles. The zero-order valence-corrected chi connectivity index (χ0v) is 15.5. The minimum atomic E-state index is -3.66. The van der Waals surface area contributed by atoms with Crippen LogP contribution in [-0.2, 0) is 14.8 Å². The molecule has 0 saturated carbocycles. The molecule has 1 fully saturated rings. The van der Waals surface area contributed by atoms with Crippen molar-refractivity contribution >= 4 is 33.0 Å². The van der Waals surface area contributed by atoms with Gasteiger partial charge in [-0.25, -0.2) is 17.2 Å². The topological polar surface area (TPSA) is 66.5 Å². The molecule has 1 aromatic carbocycles. The molecule has 1 atom stereocenters. The molecule has 0 spiro atoms. The number of rotatable bonds is 5. The van der Waals surface area contributed by atoms with E-state index < -0.39 is 33.6 Å². The van der Waals surface area contributed by atoms with Gasteiger partial charge in [-0.15, -0.1) is 11.3 Å². The van der Waals surface area contributed by atoms with Crippen LogP contribution in [0.4, 0.5) is 14.5 Å². The lowest BCUT2D eigenvalue weighted by atomic mass is 10.0. The Morgan fingerprint density at radius 3 is 2.81 bits per heavy atom. The fourth-order valence-electron chi connectivity index (χ4n) is 3.03. The predicted molar refractivity (Wildman–Crippen MR) is 95.5 cm³/mol. The highest BCUT2D eigenvalue weighted by molar-refractivity contribution is 7.91. The van der Waals surface area contributed by atoms with Crippen LogP contribution >= 0.6 is 11.3 Å². The lowest BCUT2D eigenvalue weighted by Crippen LogP contribution is -2.45. The first-order valence-corrected chi connectivity index (χ1v) is 10.5. The van der Waals surface area contributed by atoms with Crippen LogP contribution in [0.1, 0.15) is 25.7 Å². The molecule has 2 aromatic rings. The molecule has 2 heterocycles. The average molecular weight is 400 g/mol. The number of halogens is 2. The molecule has 5 nitrogen and oxygen atoms in total. The Morgan fingerprint density at radius 1 is 1.27 bits per heavy atom. The summed E-state index contributed by atoms with van der Waals surface area (Å²) in [4.78, 5) is 12.3. The Kier molecular flexibility index (Phi) is 5.69. The van der Waals surface area contributed by atoms with Gasteiger partial charge in [0, 0.05) is 25.1 Å². The van der Waals surface area contributed by atoms with Gasteiger partial charge >= 0.3 is 0 Å². The first kappa shape index (κ1) is 18.9. The van der Waals surface area contributed by atoms with Gasteiger partial charge in [-0.05, 0) is 36.4 Å². The van der Waals surface area contributed by atoms with Crippen molar-refractivity contribution in [3.63, 3.8) is 0 Å². The van der Waals surface area contributed by atoms with E-state index in [1.54, 1.807) is 11.4 Å². The normalized spacial score (nSPS) is 18.6. The summed E-state index contributed by atoms with van der Waals surface area (Å²) in [6.45, 7) is 0.340. The molecule has 3 rings (SSSR count). The van der Waals surface area contributed by atoms with Crippen LogP contribution < -0.4 is 5.32 Å². The van der Waals surface area contributed by atoms with Gasteiger partial charge in [0.05, 0.1) is 5.69 Å². The van der Waals surface area contributed by atoms with Crippen molar-refractivity contribution in [3.8, 4) is 0 Å². The molecule has 0 radical (unpaired) electrons. The Morgan fingerprint density at radius 2 is 2.08 bits per heavy atom. The van der Waals surface area contributed by atoms with E-state index in [9.17, 15) is 22.0 Å². The van der Waals surface area contributed by atoms with Crippen LogP contribution in [-0.4, -0.2) is 31.2 Å². The van der Waals surface area contributed by atoms with Gasteiger partial charge in [-0.1, -0.05) is 12.5 Å². The summed E-state index contributed by atoms with van der Waals surface area (Å²) in [6.07, 6.45) is 1.97. The van der Waals surface area contributed by atoms with E-state index in [2.05, 4.69) is 5.32 Å². The van der Waals surface area contributed by atoms with Crippen molar-refractivity contribution in [1.29, 1.82) is 0 Å². The van der Waals surface area contributed by atoms with E-state index >= 15 is 0 Å². The van der Waals surface area contributed by atoms with Gasteiger partial charge in [-0.2, -0.15) is 4.31 Å². The van der Waals surface area contributed by atoms with Crippen molar-refractivity contribution in [2.24, 2.45) is 0 Å². The van der Waals surface area contributed by atoms with Gasteiger partial charge < -0.3 is 5.32 Å². The van der Waals surface area contributed by atoms with E-state index in [1.165, 1.54) is 10.4 Å². The van der Waals surface area contributed by atoms with Gasteiger partial charge in [0.15, 0.2) is 0 Å². The second kappa shape index (κ2) is 7.81. The molecule has 1 aliphatic heterocycles. The fourth-order valence-corrected chi connectivity index (χ4v) is 5.84. The molecule has 1 saturated heterocycles. The van der Waals surface area contributed by atoms with Crippen molar-refractivity contribution in [1.82, 2.24) is 4.31 Å². The maximum absolute atomic E-state index is 13.7. The van der Waals surface area contributed by atoms with E-state index in [0.29, 0.717) is 13.0 Å². The number of carbonyl (C=O) groups excluding carboxylic acids is 1. The standard InChI is InChI=1S/C17H18F2N2O3S2/c18-12-6-7-14(19)15(10-12)20-16(22)11-13-4-1-2-8-21(13)26(23,24)17-5-3-9-25-17/h3,5-7,9-10,13H,1-2,4,8,11H2,(H,20,22)/t13-/m0/s1. The first-order valence-electron chi connectivity index (χ1n) is 8.18. The van der Waals surface area contributed by atoms with E-state index in [4.69, 9.17) is 0 Å². The monoisotopic (exact) mass is 400 g/mol. The summed E-state index contributed by atoms with van der Waals surface area (Å²) in [5, 5.41) is 4.02. The number of hydrogen-bond donors (Lipinski definition) is 1. The fraction of sp³-hybridized carbons (Fsp3) is 0.353. The summed E-state index contributed by atoms with van der Waals surface area (Å²) in [7, 11) is -3.66. The van der Waals surface area contributed by atoms with Crippen LogP contribution in [0.5, 0.6) is 0 Å². The van der Waals surface area contributed by atoms with Crippen LogP contribution in [0, 0.1) is 11.6 Å². The summed E-state index contributed by atoms with van der Waals surface area (Å²) in [6, 6.07) is 5.48.